The van der Waals surface area contributed by atoms with Crippen LogP contribution in [0, 0.1) is 0 Å². The molecule has 0 heterocycles. The van der Waals surface area contributed by atoms with E-state index in [1.165, 1.54) is 0 Å². The fraction of sp³-hybridized carbons (Fsp3) is 0.300. The minimum atomic E-state index is -1.14. The second-order valence-corrected chi connectivity index (χ2v) is 6.70. The molecule has 1 atom stereocenters. The van der Waals surface area contributed by atoms with Gasteiger partial charge in [-0.25, -0.2) is 0 Å². The highest BCUT2D eigenvalue weighted by molar-refractivity contribution is 5.98. The standard InChI is InChI=1S/C20H26N4O2/c1-20(21,15-7-5-4-6-8-15)19(26)23-17-11-9-16(10-12-17)22-18(25)13-14-24(2)3/h4-12H,13-14,21H2,1-3H3,(H,22,25)(H,23,26). The van der Waals surface area contributed by atoms with Crippen molar-refractivity contribution in [2.75, 3.05) is 31.3 Å². The molecule has 2 aromatic rings. The van der Waals surface area contributed by atoms with Gasteiger partial charge in [0.05, 0.1) is 0 Å². The fourth-order valence-electron chi connectivity index (χ4n) is 2.36. The summed E-state index contributed by atoms with van der Waals surface area (Å²) in [7, 11) is 3.84. The Kier molecular flexibility index (Phi) is 6.49. The molecule has 1 unspecified atom stereocenters. The van der Waals surface area contributed by atoms with Gasteiger partial charge in [0.1, 0.15) is 5.54 Å². The van der Waals surface area contributed by atoms with Crippen LogP contribution in [-0.4, -0.2) is 37.4 Å². The zero-order chi connectivity index (χ0) is 19.2. The third-order valence-electron chi connectivity index (χ3n) is 4.06. The molecule has 0 bridgehead atoms. The second kappa shape index (κ2) is 8.60. The van der Waals surface area contributed by atoms with Gasteiger partial charge in [-0.1, -0.05) is 30.3 Å². The average molecular weight is 354 g/mol. The summed E-state index contributed by atoms with van der Waals surface area (Å²) in [5, 5.41) is 5.65. The highest BCUT2D eigenvalue weighted by Crippen LogP contribution is 2.21. The topological polar surface area (TPSA) is 87.5 Å². The summed E-state index contributed by atoms with van der Waals surface area (Å²) in [5.74, 6) is -0.347. The third kappa shape index (κ3) is 5.40. The first kappa shape index (κ1) is 19.6. The van der Waals surface area contributed by atoms with Gasteiger partial charge in [0, 0.05) is 24.3 Å². The summed E-state index contributed by atoms with van der Waals surface area (Å²) < 4.78 is 0. The fourth-order valence-corrected chi connectivity index (χ4v) is 2.36. The van der Waals surface area contributed by atoms with Crippen LogP contribution in [0.2, 0.25) is 0 Å². The average Bonchev–Trinajstić information content (AvgIpc) is 2.62. The van der Waals surface area contributed by atoms with E-state index in [0.717, 1.165) is 5.56 Å². The van der Waals surface area contributed by atoms with Crippen molar-refractivity contribution < 1.29 is 9.59 Å². The van der Waals surface area contributed by atoms with E-state index >= 15 is 0 Å². The van der Waals surface area contributed by atoms with E-state index in [1.807, 2.05) is 49.3 Å². The molecule has 0 radical (unpaired) electrons. The van der Waals surface area contributed by atoms with Crippen LogP contribution in [0.1, 0.15) is 18.9 Å². The maximum Gasteiger partial charge on any atom is 0.248 e. The Morgan fingerprint density at radius 2 is 1.50 bits per heavy atom. The van der Waals surface area contributed by atoms with Gasteiger partial charge in [-0.2, -0.15) is 0 Å². The SMILES string of the molecule is CN(C)CCC(=O)Nc1ccc(NC(=O)C(C)(N)c2ccccc2)cc1. The summed E-state index contributed by atoms with van der Waals surface area (Å²) in [6.07, 6.45) is 0.425. The summed E-state index contributed by atoms with van der Waals surface area (Å²) in [6.45, 7) is 2.37. The van der Waals surface area contributed by atoms with Gasteiger partial charge < -0.3 is 21.3 Å². The molecule has 26 heavy (non-hydrogen) atoms. The highest BCUT2D eigenvalue weighted by atomic mass is 16.2. The third-order valence-corrected chi connectivity index (χ3v) is 4.06. The van der Waals surface area contributed by atoms with Crippen LogP contribution in [0.3, 0.4) is 0 Å². The summed E-state index contributed by atoms with van der Waals surface area (Å²) in [4.78, 5) is 26.3. The summed E-state index contributed by atoms with van der Waals surface area (Å²) >= 11 is 0. The van der Waals surface area contributed by atoms with E-state index in [1.54, 1.807) is 31.2 Å². The van der Waals surface area contributed by atoms with E-state index in [9.17, 15) is 9.59 Å². The quantitative estimate of drug-likeness (QED) is 0.712. The molecule has 138 valence electrons. The van der Waals surface area contributed by atoms with Crippen LogP contribution in [0.4, 0.5) is 11.4 Å². The second-order valence-electron chi connectivity index (χ2n) is 6.70. The Morgan fingerprint density at radius 1 is 0.962 bits per heavy atom. The van der Waals surface area contributed by atoms with Crippen LogP contribution >= 0.6 is 0 Å². The van der Waals surface area contributed by atoms with Gasteiger partial charge in [-0.05, 0) is 50.8 Å². The van der Waals surface area contributed by atoms with E-state index in [2.05, 4.69) is 10.6 Å². The summed E-state index contributed by atoms with van der Waals surface area (Å²) in [6, 6.07) is 16.2. The molecular formula is C20H26N4O2. The van der Waals surface area contributed by atoms with Crippen LogP contribution in [-0.2, 0) is 15.1 Å². The smallest absolute Gasteiger partial charge is 0.248 e. The number of rotatable bonds is 7. The number of nitrogens with zero attached hydrogens (tertiary/aromatic N) is 1. The molecule has 0 saturated heterocycles. The molecule has 6 nitrogen and oxygen atoms in total. The molecule has 0 fully saturated rings. The Bertz CT molecular complexity index is 740. The summed E-state index contributed by atoms with van der Waals surface area (Å²) in [5.41, 5.74) is 7.11. The zero-order valence-electron chi connectivity index (χ0n) is 15.5. The Labute approximate surface area is 154 Å². The number of anilines is 2. The van der Waals surface area contributed by atoms with Gasteiger partial charge >= 0.3 is 0 Å². The van der Waals surface area contributed by atoms with E-state index in [4.69, 9.17) is 5.73 Å². The lowest BCUT2D eigenvalue weighted by Crippen LogP contribution is -2.45. The molecule has 0 aliphatic heterocycles. The normalized spacial score (nSPS) is 13.1. The predicted octanol–water partition coefficient (Wildman–Crippen LogP) is 2.39. The lowest BCUT2D eigenvalue weighted by Gasteiger charge is -2.24. The van der Waals surface area contributed by atoms with Crippen molar-refractivity contribution in [3.05, 3.63) is 60.2 Å². The highest BCUT2D eigenvalue weighted by Gasteiger charge is 2.30. The van der Waals surface area contributed by atoms with Crippen molar-refractivity contribution >= 4 is 23.2 Å². The Balaban J connectivity index is 1.96. The molecule has 0 aliphatic carbocycles. The van der Waals surface area contributed by atoms with Gasteiger partial charge in [0.2, 0.25) is 11.8 Å². The van der Waals surface area contributed by atoms with Crippen molar-refractivity contribution in [2.24, 2.45) is 5.73 Å². The molecule has 2 rings (SSSR count). The molecule has 0 saturated carbocycles. The molecule has 0 aliphatic rings. The van der Waals surface area contributed by atoms with Crippen molar-refractivity contribution in [2.45, 2.75) is 18.9 Å². The molecular weight excluding hydrogens is 328 g/mol. The number of hydrogen-bond acceptors (Lipinski definition) is 4. The monoisotopic (exact) mass is 354 g/mol. The van der Waals surface area contributed by atoms with Crippen molar-refractivity contribution in [1.82, 2.24) is 4.90 Å². The maximum absolute atomic E-state index is 12.5. The molecule has 2 aromatic carbocycles. The number of benzene rings is 2. The number of amides is 2. The van der Waals surface area contributed by atoms with Crippen molar-refractivity contribution in [1.29, 1.82) is 0 Å². The first-order valence-corrected chi connectivity index (χ1v) is 8.49. The Hall–Kier alpha value is -2.70. The number of nitrogens with one attached hydrogen (secondary N) is 2. The van der Waals surface area contributed by atoms with Gasteiger partial charge in [-0.15, -0.1) is 0 Å². The predicted molar refractivity (Wildman–Crippen MR) is 105 cm³/mol. The lowest BCUT2D eigenvalue weighted by atomic mass is 9.92. The van der Waals surface area contributed by atoms with E-state index < -0.39 is 5.54 Å². The zero-order valence-corrected chi connectivity index (χ0v) is 15.5. The van der Waals surface area contributed by atoms with Crippen molar-refractivity contribution in [3.8, 4) is 0 Å². The molecule has 4 N–H and O–H groups in total. The van der Waals surface area contributed by atoms with Crippen LogP contribution in [0.5, 0.6) is 0 Å². The number of nitrogens with two attached hydrogens (primary N) is 1. The van der Waals surface area contributed by atoms with Crippen LogP contribution in [0.25, 0.3) is 0 Å². The van der Waals surface area contributed by atoms with Gasteiger partial charge in [-0.3, -0.25) is 9.59 Å². The van der Waals surface area contributed by atoms with E-state index in [0.29, 0.717) is 24.3 Å². The van der Waals surface area contributed by atoms with Gasteiger partial charge in [0.25, 0.3) is 0 Å². The largest absolute Gasteiger partial charge is 0.326 e. The van der Waals surface area contributed by atoms with Crippen LogP contribution < -0.4 is 16.4 Å². The Morgan fingerprint density at radius 3 is 2.04 bits per heavy atom. The number of carbonyl (C=O) groups excluding carboxylic acids is 2. The van der Waals surface area contributed by atoms with Crippen molar-refractivity contribution in [3.63, 3.8) is 0 Å². The lowest BCUT2D eigenvalue weighted by molar-refractivity contribution is -0.121. The molecule has 6 heteroatoms. The minimum Gasteiger partial charge on any atom is -0.326 e. The van der Waals surface area contributed by atoms with Crippen LogP contribution in [0.15, 0.2) is 54.6 Å². The number of carbonyl (C=O) groups is 2. The molecule has 0 aromatic heterocycles. The first-order valence-electron chi connectivity index (χ1n) is 8.49. The van der Waals surface area contributed by atoms with E-state index in [-0.39, 0.29) is 11.8 Å². The maximum atomic E-state index is 12.5. The molecule has 0 spiro atoms. The minimum absolute atomic E-state index is 0.0471. The molecule has 2 amide bonds. The number of hydrogen-bond donors (Lipinski definition) is 3. The first-order chi connectivity index (χ1) is 12.3. The van der Waals surface area contributed by atoms with Gasteiger partial charge in [0.15, 0.2) is 0 Å².